The van der Waals surface area contributed by atoms with E-state index >= 15 is 0 Å². The lowest BCUT2D eigenvalue weighted by Gasteiger charge is -2.35. The van der Waals surface area contributed by atoms with Crippen molar-refractivity contribution in [3.8, 4) is 0 Å². The van der Waals surface area contributed by atoms with Gasteiger partial charge in [0, 0.05) is 31.9 Å². The number of imidazole rings is 1. The average molecular weight is 278 g/mol. The second-order valence-corrected chi connectivity index (χ2v) is 5.72. The molecule has 0 aliphatic carbocycles. The Hall–Kier alpha value is -1.03. The largest absolute Gasteiger partial charge is 0.338 e. The summed E-state index contributed by atoms with van der Waals surface area (Å²) in [4.78, 5) is 7.39. The molecule has 1 saturated heterocycles. The van der Waals surface area contributed by atoms with E-state index < -0.39 is 0 Å². The molecule has 4 heteroatoms. The number of nitrogens with one attached hydrogen (secondary N) is 1. The molecular formula is C16H30N4. The predicted octanol–water partition coefficient (Wildman–Crippen LogP) is 2.82. The summed E-state index contributed by atoms with van der Waals surface area (Å²) in [6.45, 7) is 11.1. The number of piperidine rings is 1. The molecule has 1 unspecified atom stereocenters. The van der Waals surface area contributed by atoms with E-state index in [1.165, 1.54) is 43.9 Å². The van der Waals surface area contributed by atoms with Crippen LogP contribution in [0.2, 0.25) is 0 Å². The van der Waals surface area contributed by atoms with Gasteiger partial charge in [0.2, 0.25) is 5.95 Å². The number of anilines is 1. The minimum Gasteiger partial charge on any atom is -0.338 e. The number of unbranched alkanes of at least 4 members (excludes halogenated alkanes) is 1. The molecule has 0 amide bonds. The lowest BCUT2D eigenvalue weighted by molar-refractivity contribution is 0.426. The Morgan fingerprint density at radius 1 is 1.40 bits per heavy atom. The summed E-state index contributed by atoms with van der Waals surface area (Å²) in [6.07, 6.45) is 8.29. The SMILES string of the molecule is CCCCn1cc(CC)nc1N(CC)C1CCCNC1. The molecule has 0 aromatic carbocycles. The molecule has 1 N–H and O–H groups in total. The van der Waals surface area contributed by atoms with Crippen molar-refractivity contribution in [1.29, 1.82) is 0 Å². The molecular weight excluding hydrogens is 248 g/mol. The van der Waals surface area contributed by atoms with Gasteiger partial charge in [-0.3, -0.25) is 0 Å². The second-order valence-electron chi connectivity index (χ2n) is 5.72. The van der Waals surface area contributed by atoms with Crippen LogP contribution < -0.4 is 10.2 Å². The van der Waals surface area contributed by atoms with Crippen molar-refractivity contribution in [2.75, 3.05) is 24.5 Å². The molecule has 0 saturated carbocycles. The molecule has 1 fully saturated rings. The molecule has 1 aliphatic heterocycles. The maximum atomic E-state index is 4.89. The van der Waals surface area contributed by atoms with E-state index in [0.717, 1.165) is 26.1 Å². The monoisotopic (exact) mass is 278 g/mol. The van der Waals surface area contributed by atoms with Crippen molar-refractivity contribution in [2.24, 2.45) is 0 Å². The molecule has 1 aromatic rings. The molecule has 0 bridgehead atoms. The first-order valence-corrected chi connectivity index (χ1v) is 8.33. The van der Waals surface area contributed by atoms with Crippen LogP contribution in [-0.2, 0) is 13.0 Å². The van der Waals surface area contributed by atoms with Crippen molar-refractivity contribution in [3.05, 3.63) is 11.9 Å². The molecule has 114 valence electrons. The third-order valence-electron chi connectivity index (χ3n) is 4.23. The summed E-state index contributed by atoms with van der Waals surface area (Å²) in [5.74, 6) is 1.19. The van der Waals surface area contributed by atoms with Crippen LogP contribution in [0, 0.1) is 0 Å². The molecule has 2 rings (SSSR count). The van der Waals surface area contributed by atoms with Gasteiger partial charge in [-0.25, -0.2) is 4.98 Å². The minimum atomic E-state index is 0.598. The fraction of sp³-hybridized carbons (Fsp3) is 0.812. The lowest BCUT2D eigenvalue weighted by atomic mass is 10.1. The Balaban J connectivity index is 2.19. The van der Waals surface area contributed by atoms with E-state index in [1.54, 1.807) is 0 Å². The average Bonchev–Trinajstić information content (AvgIpc) is 2.90. The number of aromatic nitrogens is 2. The van der Waals surface area contributed by atoms with Gasteiger partial charge >= 0.3 is 0 Å². The van der Waals surface area contributed by atoms with E-state index in [4.69, 9.17) is 4.98 Å². The summed E-state index contributed by atoms with van der Waals surface area (Å²) < 4.78 is 2.38. The van der Waals surface area contributed by atoms with Crippen LogP contribution in [0.15, 0.2) is 6.20 Å². The topological polar surface area (TPSA) is 33.1 Å². The van der Waals surface area contributed by atoms with Gasteiger partial charge in [-0.05, 0) is 39.2 Å². The van der Waals surface area contributed by atoms with Crippen LogP contribution in [0.5, 0.6) is 0 Å². The van der Waals surface area contributed by atoms with E-state index in [-0.39, 0.29) is 0 Å². The summed E-state index contributed by atoms with van der Waals surface area (Å²) in [5.41, 5.74) is 1.22. The zero-order valence-corrected chi connectivity index (χ0v) is 13.4. The standard InChI is InChI=1S/C16H30N4/c1-4-7-11-19-13-14(5-2)18-16(19)20(6-3)15-9-8-10-17-12-15/h13,15,17H,4-12H2,1-3H3. The number of likely N-dealkylation sites (N-methyl/N-ethyl adjacent to an activating group) is 1. The van der Waals surface area contributed by atoms with Crippen molar-refractivity contribution in [3.63, 3.8) is 0 Å². The quantitative estimate of drug-likeness (QED) is 0.832. The highest BCUT2D eigenvalue weighted by molar-refractivity contribution is 5.35. The number of hydrogen-bond donors (Lipinski definition) is 1. The van der Waals surface area contributed by atoms with Gasteiger partial charge < -0.3 is 14.8 Å². The van der Waals surface area contributed by atoms with Gasteiger partial charge in [0.1, 0.15) is 0 Å². The van der Waals surface area contributed by atoms with Gasteiger partial charge in [-0.15, -0.1) is 0 Å². The minimum absolute atomic E-state index is 0.598. The third kappa shape index (κ3) is 3.54. The molecule has 20 heavy (non-hydrogen) atoms. The third-order valence-corrected chi connectivity index (χ3v) is 4.23. The summed E-state index contributed by atoms with van der Waals surface area (Å²) in [7, 11) is 0. The Morgan fingerprint density at radius 3 is 2.85 bits per heavy atom. The smallest absolute Gasteiger partial charge is 0.206 e. The van der Waals surface area contributed by atoms with Gasteiger partial charge in [0.25, 0.3) is 0 Å². The molecule has 1 aromatic heterocycles. The fourth-order valence-corrected chi connectivity index (χ4v) is 3.01. The lowest BCUT2D eigenvalue weighted by Crippen LogP contribution is -2.47. The maximum absolute atomic E-state index is 4.89. The Labute approximate surface area is 123 Å². The van der Waals surface area contributed by atoms with Crippen LogP contribution in [0.25, 0.3) is 0 Å². The van der Waals surface area contributed by atoms with Crippen LogP contribution in [0.1, 0.15) is 52.1 Å². The highest BCUT2D eigenvalue weighted by Crippen LogP contribution is 2.21. The van der Waals surface area contributed by atoms with Crippen molar-refractivity contribution in [1.82, 2.24) is 14.9 Å². The first-order chi connectivity index (χ1) is 9.80. The van der Waals surface area contributed by atoms with Gasteiger partial charge in [-0.2, -0.15) is 0 Å². The van der Waals surface area contributed by atoms with Crippen LogP contribution in [0.3, 0.4) is 0 Å². The fourth-order valence-electron chi connectivity index (χ4n) is 3.01. The zero-order valence-electron chi connectivity index (χ0n) is 13.4. The van der Waals surface area contributed by atoms with Crippen LogP contribution in [-0.4, -0.2) is 35.2 Å². The predicted molar refractivity (Wildman–Crippen MR) is 85.4 cm³/mol. The first kappa shape index (κ1) is 15.4. The maximum Gasteiger partial charge on any atom is 0.206 e. The van der Waals surface area contributed by atoms with E-state index in [1.807, 2.05) is 0 Å². The van der Waals surface area contributed by atoms with Gasteiger partial charge in [0.15, 0.2) is 0 Å². The van der Waals surface area contributed by atoms with Crippen LogP contribution >= 0.6 is 0 Å². The molecule has 1 aliphatic rings. The second kappa shape index (κ2) is 7.67. The van der Waals surface area contributed by atoms with Crippen molar-refractivity contribution < 1.29 is 0 Å². The number of hydrogen-bond acceptors (Lipinski definition) is 3. The van der Waals surface area contributed by atoms with E-state index in [2.05, 4.69) is 41.8 Å². The Kier molecular flexibility index (Phi) is 5.89. The highest BCUT2D eigenvalue weighted by Gasteiger charge is 2.23. The molecule has 2 heterocycles. The van der Waals surface area contributed by atoms with Gasteiger partial charge in [0.05, 0.1) is 5.69 Å². The van der Waals surface area contributed by atoms with Gasteiger partial charge in [-0.1, -0.05) is 20.3 Å². The normalized spacial score (nSPS) is 19.2. The van der Waals surface area contributed by atoms with Crippen molar-refractivity contribution >= 4 is 5.95 Å². The first-order valence-electron chi connectivity index (χ1n) is 8.33. The summed E-state index contributed by atoms with van der Waals surface area (Å²) in [6, 6.07) is 0.598. The van der Waals surface area contributed by atoms with E-state index in [0.29, 0.717) is 6.04 Å². The molecule has 0 radical (unpaired) electrons. The number of aryl methyl sites for hydroxylation is 2. The number of nitrogens with zero attached hydrogens (tertiary/aromatic N) is 3. The Morgan fingerprint density at radius 2 is 2.25 bits per heavy atom. The summed E-state index contributed by atoms with van der Waals surface area (Å²) in [5, 5.41) is 3.52. The molecule has 0 spiro atoms. The molecule has 4 nitrogen and oxygen atoms in total. The highest BCUT2D eigenvalue weighted by atomic mass is 15.3. The number of rotatable bonds is 7. The molecule has 1 atom stereocenters. The Bertz CT molecular complexity index is 393. The summed E-state index contributed by atoms with van der Waals surface area (Å²) >= 11 is 0. The zero-order chi connectivity index (χ0) is 14.4. The van der Waals surface area contributed by atoms with E-state index in [9.17, 15) is 0 Å². The van der Waals surface area contributed by atoms with Crippen molar-refractivity contribution in [2.45, 2.75) is 65.5 Å². The van der Waals surface area contributed by atoms with Crippen LogP contribution in [0.4, 0.5) is 5.95 Å².